The first-order chi connectivity index (χ1) is 14.2. The predicted molar refractivity (Wildman–Crippen MR) is 118 cm³/mol. The molecule has 2 aromatic carbocycles. The molecular formula is C21H18N4O2S2. The number of thiazole rings is 1. The number of aryl methyl sites for hydroxylation is 1. The first-order valence-corrected chi connectivity index (χ1v) is 10.7. The van der Waals surface area contributed by atoms with Crippen molar-refractivity contribution in [2.24, 2.45) is 0 Å². The van der Waals surface area contributed by atoms with Gasteiger partial charge in [0.1, 0.15) is 22.0 Å². The lowest BCUT2D eigenvalue weighted by Crippen LogP contribution is -2.14. The summed E-state index contributed by atoms with van der Waals surface area (Å²) in [5, 5.41) is 13.3. The van der Waals surface area contributed by atoms with Crippen molar-refractivity contribution in [3.63, 3.8) is 0 Å². The van der Waals surface area contributed by atoms with E-state index < -0.39 is 0 Å². The number of nitrogens with one attached hydrogen (secondary N) is 1. The smallest absolute Gasteiger partial charge is 0.234 e. The van der Waals surface area contributed by atoms with Gasteiger partial charge in [-0.15, -0.1) is 21.5 Å². The van der Waals surface area contributed by atoms with Crippen LogP contribution in [0.4, 0.5) is 5.69 Å². The Balaban J connectivity index is 1.55. The third-order valence-corrected chi connectivity index (χ3v) is 6.09. The second-order valence-electron chi connectivity index (χ2n) is 6.17. The molecule has 0 unspecified atom stereocenters. The van der Waals surface area contributed by atoms with Gasteiger partial charge < -0.3 is 10.1 Å². The normalized spacial score (nSPS) is 10.8. The molecule has 0 bridgehead atoms. The van der Waals surface area contributed by atoms with Gasteiger partial charge >= 0.3 is 0 Å². The molecule has 0 atom stereocenters. The zero-order valence-corrected chi connectivity index (χ0v) is 17.5. The molecule has 0 aliphatic rings. The Bertz CT molecular complexity index is 1160. The number of benzene rings is 2. The molecule has 146 valence electrons. The summed E-state index contributed by atoms with van der Waals surface area (Å²) in [5.41, 5.74) is 3.24. The van der Waals surface area contributed by atoms with Crippen LogP contribution in [0, 0.1) is 6.92 Å². The van der Waals surface area contributed by atoms with Gasteiger partial charge in [0.15, 0.2) is 0 Å². The number of nitrogens with zero attached hydrogens (tertiary/aromatic N) is 3. The molecule has 0 spiro atoms. The summed E-state index contributed by atoms with van der Waals surface area (Å²) in [6, 6.07) is 17.2. The number of amides is 1. The molecule has 0 aliphatic heterocycles. The summed E-state index contributed by atoms with van der Waals surface area (Å²) in [6.45, 7) is 1.96. The lowest BCUT2D eigenvalue weighted by atomic mass is 10.1. The van der Waals surface area contributed by atoms with Crippen LogP contribution in [0.3, 0.4) is 0 Å². The molecule has 29 heavy (non-hydrogen) atoms. The third kappa shape index (κ3) is 4.23. The van der Waals surface area contributed by atoms with Gasteiger partial charge in [0.2, 0.25) is 5.91 Å². The molecule has 6 nitrogen and oxygen atoms in total. The molecule has 0 saturated carbocycles. The number of carbonyl (C=O) groups excluding carboxylic acids is 1. The summed E-state index contributed by atoms with van der Waals surface area (Å²) < 4.78 is 6.25. The molecule has 1 N–H and O–H groups in total. The number of para-hydroxylation sites is 2. The van der Waals surface area contributed by atoms with Gasteiger partial charge in [-0.25, -0.2) is 4.98 Å². The molecule has 8 heteroatoms. The van der Waals surface area contributed by atoms with Crippen LogP contribution in [-0.2, 0) is 4.79 Å². The van der Waals surface area contributed by atoms with E-state index in [1.165, 1.54) is 11.8 Å². The van der Waals surface area contributed by atoms with Crippen molar-refractivity contribution in [2.45, 2.75) is 11.9 Å². The fraction of sp³-hybridized carbons (Fsp3) is 0.143. The third-order valence-electron chi connectivity index (χ3n) is 4.16. The van der Waals surface area contributed by atoms with Gasteiger partial charge in [0.05, 0.1) is 28.3 Å². The van der Waals surface area contributed by atoms with Crippen molar-refractivity contribution in [1.29, 1.82) is 0 Å². The molecule has 1 amide bonds. The highest BCUT2D eigenvalue weighted by molar-refractivity contribution is 8.00. The zero-order valence-electron chi connectivity index (χ0n) is 15.9. The maximum Gasteiger partial charge on any atom is 0.234 e. The van der Waals surface area contributed by atoms with E-state index in [1.54, 1.807) is 30.6 Å². The van der Waals surface area contributed by atoms with Crippen LogP contribution in [0.2, 0.25) is 0 Å². The standard InChI is InChI=1S/C21H18N4O2S2/c1-13-22-19-20(29-13)18(14-8-4-3-5-9-14)24-25-21(19)28-12-17(26)23-15-10-6-7-11-16(15)27-2/h3-11H,12H2,1-2H3,(H,23,26). The maximum absolute atomic E-state index is 12.4. The number of ether oxygens (including phenoxy) is 1. The zero-order chi connectivity index (χ0) is 20.2. The second kappa shape index (κ2) is 8.59. The Kier molecular flexibility index (Phi) is 5.73. The van der Waals surface area contributed by atoms with E-state index in [0.717, 1.165) is 26.5 Å². The number of rotatable bonds is 6. The van der Waals surface area contributed by atoms with Crippen molar-refractivity contribution in [2.75, 3.05) is 18.2 Å². The number of anilines is 1. The van der Waals surface area contributed by atoms with E-state index in [-0.39, 0.29) is 11.7 Å². The summed E-state index contributed by atoms with van der Waals surface area (Å²) in [6.07, 6.45) is 0. The summed E-state index contributed by atoms with van der Waals surface area (Å²) in [5.74, 6) is 0.673. The van der Waals surface area contributed by atoms with E-state index in [2.05, 4.69) is 20.5 Å². The number of carbonyl (C=O) groups is 1. The number of aromatic nitrogens is 3. The number of hydrogen-bond donors (Lipinski definition) is 1. The largest absolute Gasteiger partial charge is 0.495 e. The van der Waals surface area contributed by atoms with Gasteiger partial charge in [-0.2, -0.15) is 0 Å². The van der Waals surface area contributed by atoms with Crippen LogP contribution < -0.4 is 10.1 Å². The van der Waals surface area contributed by atoms with Crippen molar-refractivity contribution >= 4 is 44.9 Å². The average Bonchev–Trinajstić information content (AvgIpc) is 3.14. The number of methoxy groups -OCH3 is 1. The van der Waals surface area contributed by atoms with E-state index in [1.807, 2.05) is 49.4 Å². The van der Waals surface area contributed by atoms with Gasteiger partial charge in [-0.05, 0) is 19.1 Å². The first-order valence-electron chi connectivity index (χ1n) is 8.90. The summed E-state index contributed by atoms with van der Waals surface area (Å²) >= 11 is 2.91. The topological polar surface area (TPSA) is 77.0 Å². The van der Waals surface area contributed by atoms with Gasteiger partial charge in [0, 0.05) is 5.56 Å². The second-order valence-corrected chi connectivity index (χ2v) is 8.33. The van der Waals surface area contributed by atoms with Gasteiger partial charge in [-0.3, -0.25) is 4.79 Å². The molecule has 2 heterocycles. The fourth-order valence-electron chi connectivity index (χ4n) is 2.87. The quantitative estimate of drug-likeness (QED) is 0.450. The number of thioether (sulfide) groups is 1. The van der Waals surface area contributed by atoms with Crippen LogP contribution in [-0.4, -0.2) is 34.0 Å². The summed E-state index contributed by atoms with van der Waals surface area (Å²) in [7, 11) is 1.57. The maximum atomic E-state index is 12.4. The van der Waals surface area contributed by atoms with E-state index in [4.69, 9.17) is 4.74 Å². The minimum Gasteiger partial charge on any atom is -0.495 e. The monoisotopic (exact) mass is 422 g/mol. The van der Waals surface area contributed by atoms with E-state index in [0.29, 0.717) is 16.5 Å². The first kappa shape index (κ1) is 19.4. The number of hydrogen-bond acceptors (Lipinski definition) is 7. The Morgan fingerprint density at radius 3 is 2.66 bits per heavy atom. The van der Waals surface area contributed by atoms with Crippen LogP contribution in [0.1, 0.15) is 5.01 Å². The lowest BCUT2D eigenvalue weighted by Gasteiger charge is -2.09. The fourth-order valence-corrected chi connectivity index (χ4v) is 4.59. The van der Waals surface area contributed by atoms with Crippen LogP contribution >= 0.6 is 23.1 Å². The lowest BCUT2D eigenvalue weighted by molar-refractivity contribution is -0.113. The van der Waals surface area contributed by atoms with Crippen molar-refractivity contribution in [3.8, 4) is 17.0 Å². The highest BCUT2D eigenvalue weighted by atomic mass is 32.2. The van der Waals surface area contributed by atoms with E-state index >= 15 is 0 Å². The molecule has 0 fully saturated rings. The molecule has 4 rings (SSSR count). The predicted octanol–water partition coefficient (Wildman–Crippen LogP) is 4.80. The highest BCUT2D eigenvalue weighted by Crippen LogP contribution is 2.35. The molecule has 4 aromatic rings. The van der Waals surface area contributed by atoms with Crippen LogP contribution in [0.25, 0.3) is 21.5 Å². The Labute approximate surface area is 176 Å². The minimum absolute atomic E-state index is 0.145. The van der Waals surface area contributed by atoms with Crippen LogP contribution in [0.15, 0.2) is 59.6 Å². The Hall–Kier alpha value is -2.97. The Morgan fingerprint density at radius 2 is 1.86 bits per heavy atom. The molecule has 0 saturated heterocycles. The molecule has 2 aromatic heterocycles. The van der Waals surface area contributed by atoms with Crippen molar-refractivity contribution in [3.05, 3.63) is 59.6 Å². The molecule has 0 radical (unpaired) electrons. The Morgan fingerprint density at radius 1 is 1.10 bits per heavy atom. The van der Waals surface area contributed by atoms with Gasteiger partial charge in [-0.1, -0.05) is 54.2 Å². The SMILES string of the molecule is COc1ccccc1NC(=O)CSc1nnc(-c2ccccc2)c2sc(C)nc12. The summed E-state index contributed by atoms with van der Waals surface area (Å²) in [4.78, 5) is 17.1. The van der Waals surface area contributed by atoms with Gasteiger partial charge in [0.25, 0.3) is 0 Å². The number of fused-ring (bicyclic) bond motifs is 1. The minimum atomic E-state index is -0.145. The highest BCUT2D eigenvalue weighted by Gasteiger charge is 2.17. The van der Waals surface area contributed by atoms with Crippen molar-refractivity contribution < 1.29 is 9.53 Å². The van der Waals surface area contributed by atoms with E-state index in [9.17, 15) is 4.79 Å². The average molecular weight is 423 g/mol. The molecular weight excluding hydrogens is 404 g/mol. The van der Waals surface area contributed by atoms with Crippen molar-refractivity contribution in [1.82, 2.24) is 15.2 Å². The molecule has 0 aliphatic carbocycles. The van der Waals surface area contributed by atoms with Crippen LogP contribution in [0.5, 0.6) is 5.75 Å².